The van der Waals surface area contributed by atoms with E-state index in [-0.39, 0.29) is 22.2 Å². The van der Waals surface area contributed by atoms with Crippen molar-refractivity contribution in [2.75, 3.05) is 0 Å². The molecule has 1 aromatic carbocycles. The van der Waals surface area contributed by atoms with Crippen molar-refractivity contribution in [3.8, 4) is 5.75 Å². The van der Waals surface area contributed by atoms with Gasteiger partial charge in [0.05, 0.1) is 11.1 Å². The van der Waals surface area contributed by atoms with Crippen molar-refractivity contribution in [3.63, 3.8) is 0 Å². The summed E-state index contributed by atoms with van der Waals surface area (Å²) in [6.07, 6.45) is -6.55. The fourth-order valence-corrected chi connectivity index (χ4v) is 1.66. The lowest BCUT2D eigenvalue weighted by Crippen LogP contribution is -2.48. The summed E-state index contributed by atoms with van der Waals surface area (Å²) in [5.74, 6) is -0.129. The first-order valence-electron chi connectivity index (χ1n) is 5.20. The molecule has 0 aliphatic heterocycles. The van der Waals surface area contributed by atoms with Crippen LogP contribution >= 0.6 is 23.2 Å². The molecule has 18 heavy (non-hydrogen) atoms. The van der Waals surface area contributed by atoms with E-state index in [1.165, 1.54) is 18.2 Å². The average Bonchev–Trinajstić information content (AvgIpc) is 2.28. The Morgan fingerprint density at radius 1 is 1.33 bits per heavy atom. The van der Waals surface area contributed by atoms with Crippen LogP contribution in [0.4, 0.5) is 13.2 Å². The van der Waals surface area contributed by atoms with E-state index < -0.39 is 18.3 Å². The largest absolute Gasteiger partial charge is 0.478 e. The van der Waals surface area contributed by atoms with Gasteiger partial charge in [0.1, 0.15) is 10.8 Å². The first-order valence-corrected chi connectivity index (χ1v) is 5.96. The van der Waals surface area contributed by atoms with Crippen molar-refractivity contribution >= 4 is 23.2 Å². The van der Waals surface area contributed by atoms with Crippen LogP contribution in [0.15, 0.2) is 18.2 Å². The molecule has 0 saturated carbocycles. The quantitative estimate of drug-likeness (QED) is 0.911. The number of benzene rings is 1. The second-order valence-corrected chi connectivity index (χ2v) is 4.49. The van der Waals surface area contributed by atoms with Gasteiger partial charge < -0.3 is 10.5 Å². The van der Waals surface area contributed by atoms with Gasteiger partial charge in [0.25, 0.3) is 0 Å². The van der Waals surface area contributed by atoms with Crippen LogP contribution in [-0.4, -0.2) is 18.3 Å². The van der Waals surface area contributed by atoms with E-state index in [0.29, 0.717) is 0 Å². The second-order valence-electron chi connectivity index (χ2n) is 3.70. The summed E-state index contributed by atoms with van der Waals surface area (Å²) in [6.45, 7) is 1.55. The summed E-state index contributed by atoms with van der Waals surface area (Å²) in [6, 6.07) is 3.06. The molecule has 0 aliphatic rings. The SMILES string of the molecule is CCC(N)C(Oc1cccc(Cl)c1Cl)C(F)(F)F. The summed E-state index contributed by atoms with van der Waals surface area (Å²) < 4.78 is 43.3. The third kappa shape index (κ3) is 3.67. The molecule has 2 nitrogen and oxygen atoms in total. The van der Waals surface area contributed by atoms with Crippen molar-refractivity contribution in [2.24, 2.45) is 5.73 Å². The van der Waals surface area contributed by atoms with Crippen molar-refractivity contribution in [2.45, 2.75) is 31.7 Å². The molecule has 1 rings (SSSR count). The molecule has 0 amide bonds. The van der Waals surface area contributed by atoms with Crippen LogP contribution in [0.3, 0.4) is 0 Å². The molecule has 0 aliphatic carbocycles. The van der Waals surface area contributed by atoms with Gasteiger partial charge >= 0.3 is 6.18 Å². The minimum absolute atomic E-state index is 0.0586. The first kappa shape index (κ1) is 15.4. The highest BCUT2D eigenvalue weighted by atomic mass is 35.5. The van der Waals surface area contributed by atoms with Crippen molar-refractivity contribution in [1.29, 1.82) is 0 Å². The molecular formula is C11H12Cl2F3NO. The summed E-state index contributed by atoms with van der Waals surface area (Å²) in [5, 5.41) is 0.0666. The topological polar surface area (TPSA) is 35.2 Å². The van der Waals surface area contributed by atoms with Gasteiger partial charge in [0.2, 0.25) is 6.10 Å². The molecule has 0 spiro atoms. The number of rotatable bonds is 4. The van der Waals surface area contributed by atoms with Crippen LogP contribution in [0.1, 0.15) is 13.3 Å². The summed E-state index contributed by atoms with van der Waals surface area (Å²) >= 11 is 11.5. The maximum absolute atomic E-state index is 12.8. The fraction of sp³-hybridized carbons (Fsp3) is 0.455. The Bertz CT molecular complexity index is 412. The lowest BCUT2D eigenvalue weighted by atomic mass is 10.1. The summed E-state index contributed by atoms with van der Waals surface area (Å²) in [4.78, 5) is 0. The molecule has 0 heterocycles. The maximum atomic E-state index is 12.8. The standard InChI is InChI=1S/C11H12Cl2F3NO/c1-2-7(17)10(11(14,15)16)18-8-5-3-4-6(12)9(8)13/h3-5,7,10H,2,17H2,1H3. The maximum Gasteiger partial charge on any atom is 0.426 e. The van der Waals surface area contributed by atoms with Gasteiger partial charge in [-0.3, -0.25) is 0 Å². The number of hydrogen-bond donors (Lipinski definition) is 1. The fourth-order valence-electron chi connectivity index (χ4n) is 1.32. The summed E-state index contributed by atoms with van der Waals surface area (Å²) in [5.41, 5.74) is 5.42. The predicted octanol–water partition coefficient (Wildman–Crippen LogP) is 4.04. The molecule has 0 radical (unpaired) electrons. The Balaban J connectivity index is 3.00. The average molecular weight is 302 g/mol. The zero-order valence-corrected chi connectivity index (χ0v) is 11.0. The van der Waals surface area contributed by atoms with E-state index in [0.717, 1.165) is 0 Å². The third-order valence-electron chi connectivity index (χ3n) is 2.35. The molecule has 0 saturated heterocycles. The number of halogens is 5. The highest BCUT2D eigenvalue weighted by Gasteiger charge is 2.45. The van der Waals surface area contributed by atoms with E-state index in [9.17, 15) is 13.2 Å². The van der Waals surface area contributed by atoms with E-state index in [1.807, 2.05) is 0 Å². The van der Waals surface area contributed by atoms with Crippen LogP contribution in [-0.2, 0) is 0 Å². The Morgan fingerprint density at radius 2 is 1.94 bits per heavy atom. The zero-order valence-electron chi connectivity index (χ0n) is 9.47. The van der Waals surface area contributed by atoms with Crippen molar-refractivity contribution < 1.29 is 17.9 Å². The predicted molar refractivity (Wildman–Crippen MR) is 65.2 cm³/mol. The number of ether oxygens (including phenoxy) is 1. The molecule has 1 aromatic rings. The smallest absolute Gasteiger partial charge is 0.426 e. The number of alkyl halides is 3. The molecule has 0 bridgehead atoms. The first-order chi connectivity index (χ1) is 8.27. The monoisotopic (exact) mass is 301 g/mol. The normalized spacial score (nSPS) is 15.3. The lowest BCUT2D eigenvalue weighted by molar-refractivity contribution is -0.200. The van der Waals surface area contributed by atoms with E-state index in [1.54, 1.807) is 6.92 Å². The van der Waals surface area contributed by atoms with Crippen molar-refractivity contribution in [3.05, 3.63) is 28.2 Å². The van der Waals surface area contributed by atoms with Gasteiger partial charge in [-0.25, -0.2) is 0 Å². The molecule has 7 heteroatoms. The Hall–Kier alpha value is -0.650. The van der Waals surface area contributed by atoms with E-state index >= 15 is 0 Å². The van der Waals surface area contributed by atoms with Gasteiger partial charge in [0.15, 0.2) is 0 Å². The van der Waals surface area contributed by atoms with Gasteiger partial charge in [-0.15, -0.1) is 0 Å². The van der Waals surface area contributed by atoms with E-state index in [2.05, 4.69) is 0 Å². The zero-order chi connectivity index (χ0) is 13.9. The summed E-state index contributed by atoms with van der Waals surface area (Å²) in [7, 11) is 0. The van der Waals surface area contributed by atoms with Crippen molar-refractivity contribution in [1.82, 2.24) is 0 Å². The minimum Gasteiger partial charge on any atom is -0.478 e. The second kappa shape index (κ2) is 5.99. The van der Waals surface area contributed by atoms with Crippen LogP contribution in [0.25, 0.3) is 0 Å². The minimum atomic E-state index is -4.57. The number of hydrogen-bond acceptors (Lipinski definition) is 2. The van der Waals surface area contributed by atoms with Gasteiger partial charge in [-0.1, -0.05) is 36.2 Å². The Kier molecular flexibility index (Phi) is 5.13. The van der Waals surface area contributed by atoms with Gasteiger partial charge in [-0.2, -0.15) is 13.2 Å². The van der Waals surface area contributed by atoms with Crippen LogP contribution in [0.5, 0.6) is 5.75 Å². The molecule has 2 N–H and O–H groups in total. The number of nitrogens with two attached hydrogens (primary N) is 1. The Labute approximate surface area is 113 Å². The third-order valence-corrected chi connectivity index (χ3v) is 3.15. The van der Waals surface area contributed by atoms with Gasteiger partial charge in [0, 0.05) is 0 Å². The van der Waals surface area contributed by atoms with Crippen LogP contribution in [0, 0.1) is 0 Å². The molecular weight excluding hydrogens is 290 g/mol. The van der Waals surface area contributed by atoms with Gasteiger partial charge in [-0.05, 0) is 18.6 Å². The van der Waals surface area contributed by atoms with Crippen LogP contribution < -0.4 is 10.5 Å². The lowest BCUT2D eigenvalue weighted by Gasteiger charge is -2.26. The molecule has 102 valence electrons. The molecule has 0 aromatic heterocycles. The molecule has 2 atom stereocenters. The molecule has 2 unspecified atom stereocenters. The van der Waals surface area contributed by atoms with E-state index in [4.69, 9.17) is 33.7 Å². The molecule has 0 fully saturated rings. The Morgan fingerprint density at radius 3 is 2.44 bits per heavy atom. The highest BCUT2D eigenvalue weighted by molar-refractivity contribution is 6.42. The van der Waals surface area contributed by atoms with Crippen LogP contribution in [0.2, 0.25) is 10.0 Å². The highest BCUT2D eigenvalue weighted by Crippen LogP contribution is 2.35.